The van der Waals surface area contributed by atoms with Crippen LogP contribution in [0.2, 0.25) is 0 Å². The Morgan fingerprint density at radius 1 is 0.469 bits per heavy atom. The molecule has 0 saturated heterocycles. The van der Waals surface area contributed by atoms with E-state index in [9.17, 15) is 4.57 Å². The number of rotatable bonds is 3. The van der Waals surface area contributed by atoms with E-state index in [1.54, 1.807) is 0 Å². The zero-order valence-electron chi connectivity index (χ0n) is 17.4. The van der Waals surface area contributed by atoms with Crippen molar-refractivity contribution in [2.24, 2.45) is 0 Å². The molecular weight excluding hydrogens is 407 g/mol. The van der Waals surface area contributed by atoms with E-state index in [0.29, 0.717) is 0 Å². The summed E-state index contributed by atoms with van der Waals surface area (Å²) in [7, 11) is -0.560. The number of hydrogen-bond acceptors (Lipinski definition) is 1. The molecule has 1 nitrogen and oxygen atoms in total. The zero-order chi connectivity index (χ0) is 21.5. The van der Waals surface area contributed by atoms with Crippen molar-refractivity contribution in [3.63, 3.8) is 0 Å². The van der Waals surface area contributed by atoms with E-state index in [2.05, 4.69) is 115 Å². The normalized spacial score (nSPS) is 11.5. The van der Waals surface area contributed by atoms with Gasteiger partial charge in [0.2, 0.25) is 5.30 Å². The summed E-state index contributed by atoms with van der Waals surface area (Å²) in [5.41, 5.74) is 4.32. The SMILES string of the molecule is O=[PH+]c1c(-c2ccc3ccccc3c2)cc2ccccc2c1-c1cccc2ccccc12. The maximum absolute atomic E-state index is 12.8. The lowest BCUT2D eigenvalue weighted by Gasteiger charge is -2.14. The average Bonchev–Trinajstić information content (AvgIpc) is 2.87. The van der Waals surface area contributed by atoms with Gasteiger partial charge in [0.05, 0.1) is 0 Å². The molecule has 0 bridgehead atoms. The first-order chi connectivity index (χ1) is 15.8. The fourth-order valence-corrected chi connectivity index (χ4v) is 5.46. The minimum Gasteiger partial charge on any atom is -0.0707 e. The third-order valence-electron chi connectivity index (χ3n) is 6.27. The molecule has 0 radical (unpaired) electrons. The number of hydrogen-bond donors (Lipinski definition) is 0. The highest BCUT2D eigenvalue weighted by molar-refractivity contribution is 7.35. The van der Waals surface area contributed by atoms with Crippen LogP contribution in [0, 0.1) is 0 Å². The average molecular weight is 427 g/mol. The maximum Gasteiger partial charge on any atom is 0.364 e. The van der Waals surface area contributed by atoms with Crippen LogP contribution in [0.5, 0.6) is 0 Å². The van der Waals surface area contributed by atoms with Crippen LogP contribution in [-0.2, 0) is 4.57 Å². The summed E-state index contributed by atoms with van der Waals surface area (Å²) >= 11 is 0. The smallest absolute Gasteiger partial charge is 0.0707 e. The van der Waals surface area contributed by atoms with Crippen LogP contribution in [0.1, 0.15) is 0 Å². The largest absolute Gasteiger partial charge is 0.364 e. The molecule has 6 rings (SSSR count). The second kappa shape index (κ2) is 7.71. The Morgan fingerprint density at radius 2 is 1.12 bits per heavy atom. The predicted molar refractivity (Wildman–Crippen MR) is 138 cm³/mol. The molecule has 32 heavy (non-hydrogen) atoms. The molecule has 0 fully saturated rings. The van der Waals surface area contributed by atoms with E-state index in [-0.39, 0.29) is 0 Å². The highest BCUT2D eigenvalue weighted by atomic mass is 31.1. The third kappa shape index (κ3) is 3.02. The first-order valence-corrected chi connectivity index (χ1v) is 11.7. The van der Waals surface area contributed by atoms with E-state index in [0.717, 1.165) is 38.3 Å². The van der Waals surface area contributed by atoms with Gasteiger partial charge in [0.15, 0.2) is 0 Å². The van der Waals surface area contributed by atoms with E-state index >= 15 is 0 Å². The summed E-state index contributed by atoms with van der Waals surface area (Å²) in [5.74, 6) is 0. The van der Waals surface area contributed by atoms with Gasteiger partial charge in [-0.25, -0.2) is 0 Å². The second-order valence-corrected chi connectivity index (χ2v) is 8.79. The van der Waals surface area contributed by atoms with Crippen LogP contribution in [0.25, 0.3) is 54.6 Å². The highest BCUT2D eigenvalue weighted by Gasteiger charge is 2.23. The van der Waals surface area contributed by atoms with E-state index in [1.165, 1.54) is 21.5 Å². The molecule has 1 atom stereocenters. The van der Waals surface area contributed by atoms with Crippen LogP contribution in [0.15, 0.2) is 115 Å². The standard InChI is InChI=1S/C30H19OP/c31-32-30-28(24-17-16-20-8-1-2-10-22(20)18-24)19-23-11-4-6-14-26(23)29(30)27-15-7-12-21-9-3-5-13-25(21)27/h1-19H/p+1. The van der Waals surface area contributed by atoms with Crippen molar-refractivity contribution in [2.45, 2.75) is 0 Å². The van der Waals surface area contributed by atoms with Crippen LogP contribution in [-0.4, -0.2) is 0 Å². The molecule has 2 heteroatoms. The molecule has 0 aliphatic rings. The lowest BCUT2D eigenvalue weighted by atomic mass is 9.90. The molecule has 0 spiro atoms. The van der Waals surface area contributed by atoms with Crippen molar-refractivity contribution in [3.8, 4) is 22.3 Å². The summed E-state index contributed by atoms with van der Waals surface area (Å²) in [6.07, 6.45) is 0. The minimum absolute atomic E-state index is 0.560. The van der Waals surface area contributed by atoms with Gasteiger partial charge in [-0.2, -0.15) is 0 Å². The topological polar surface area (TPSA) is 17.1 Å². The van der Waals surface area contributed by atoms with Crippen molar-refractivity contribution >= 4 is 46.1 Å². The lowest BCUT2D eigenvalue weighted by molar-refractivity contribution is 0.603. The summed E-state index contributed by atoms with van der Waals surface area (Å²) in [6.45, 7) is 0. The Labute approximate surface area is 188 Å². The van der Waals surface area contributed by atoms with Crippen LogP contribution in [0.4, 0.5) is 0 Å². The molecule has 0 saturated carbocycles. The molecule has 0 amide bonds. The summed E-state index contributed by atoms with van der Waals surface area (Å²) in [5, 5.41) is 7.92. The van der Waals surface area contributed by atoms with Crippen molar-refractivity contribution in [2.75, 3.05) is 0 Å². The number of fused-ring (bicyclic) bond motifs is 3. The monoisotopic (exact) mass is 427 g/mol. The molecule has 6 aromatic carbocycles. The maximum atomic E-state index is 12.8. The Bertz CT molecular complexity index is 1640. The molecule has 6 aromatic rings. The molecule has 150 valence electrons. The minimum atomic E-state index is -0.560. The van der Waals surface area contributed by atoms with Gasteiger partial charge in [-0.1, -0.05) is 108 Å². The number of benzene rings is 6. The van der Waals surface area contributed by atoms with E-state index < -0.39 is 8.46 Å². The summed E-state index contributed by atoms with van der Waals surface area (Å²) < 4.78 is 12.8. The van der Waals surface area contributed by atoms with Crippen molar-refractivity contribution in [1.29, 1.82) is 0 Å². The van der Waals surface area contributed by atoms with Crippen molar-refractivity contribution < 1.29 is 4.57 Å². The van der Waals surface area contributed by atoms with Gasteiger partial charge >= 0.3 is 8.46 Å². The lowest BCUT2D eigenvalue weighted by Crippen LogP contribution is -2.05. The van der Waals surface area contributed by atoms with Crippen molar-refractivity contribution in [1.82, 2.24) is 0 Å². The van der Waals surface area contributed by atoms with Crippen molar-refractivity contribution in [3.05, 3.63) is 115 Å². The Kier molecular flexibility index (Phi) is 4.56. The fraction of sp³-hybridized carbons (Fsp3) is 0. The van der Waals surface area contributed by atoms with Crippen LogP contribution >= 0.6 is 8.46 Å². The quantitative estimate of drug-likeness (QED) is 0.261. The van der Waals surface area contributed by atoms with Crippen LogP contribution in [0.3, 0.4) is 0 Å². The predicted octanol–water partition coefficient (Wildman–Crippen LogP) is 8.13. The fourth-order valence-electron chi connectivity index (χ4n) is 4.76. The van der Waals surface area contributed by atoms with Gasteiger partial charge < -0.3 is 0 Å². The first kappa shape index (κ1) is 18.9. The van der Waals surface area contributed by atoms with Gasteiger partial charge in [0.25, 0.3) is 0 Å². The highest BCUT2D eigenvalue weighted by Crippen LogP contribution is 2.38. The van der Waals surface area contributed by atoms with Gasteiger partial charge in [0.1, 0.15) is 0 Å². The second-order valence-electron chi connectivity index (χ2n) is 8.09. The molecule has 0 heterocycles. The van der Waals surface area contributed by atoms with Gasteiger partial charge in [0, 0.05) is 11.1 Å². The Morgan fingerprint density at radius 3 is 1.94 bits per heavy atom. The Balaban J connectivity index is 1.74. The first-order valence-electron chi connectivity index (χ1n) is 10.7. The zero-order valence-corrected chi connectivity index (χ0v) is 18.4. The van der Waals surface area contributed by atoms with E-state index in [1.807, 2.05) is 0 Å². The summed E-state index contributed by atoms with van der Waals surface area (Å²) in [6, 6.07) is 40.3. The van der Waals surface area contributed by atoms with Gasteiger partial charge in [-0.15, -0.1) is 0 Å². The third-order valence-corrected chi connectivity index (χ3v) is 6.99. The van der Waals surface area contributed by atoms with Crippen LogP contribution < -0.4 is 5.30 Å². The molecule has 0 aromatic heterocycles. The molecule has 1 unspecified atom stereocenters. The molecule has 0 aliphatic carbocycles. The molecular formula is C30H20OP+. The van der Waals surface area contributed by atoms with Gasteiger partial charge in [-0.05, 0) is 55.6 Å². The van der Waals surface area contributed by atoms with Gasteiger partial charge in [-0.3, -0.25) is 0 Å². The summed E-state index contributed by atoms with van der Waals surface area (Å²) in [4.78, 5) is 0. The molecule has 0 aliphatic heterocycles. The Hall–Kier alpha value is -3.80. The molecule has 0 N–H and O–H groups in total. The van der Waals surface area contributed by atoms with E-state index in [4.69, 9.17) is 0 Å².